The van der Waals surface area contributed by atoms with Crippen molar-refractivity contribution < 1.29 is 33.0 Å². The van der Waals surface area contributed by atoms with Crippen LogP contribution in [0.2, 0.25) is 5.02 Å². The summed E-state index contributed by atoms with van der Waals surface area (Å²) in [4.78, 5) is 23.0. The highest BCUT2D eigenvalue weighted by Gasteiger charge is 2.32. The molecule has 0 aromatic heterocycles. The van der Waals surface area contributed by atoms with Gasteiger partial charge < -0.3 is 15.5 Å². The first-order chi connectivity index (χ1) is 11.1. The van der Waals surface area contributed by atoms with Gasteiger partial charge >= 0.3 is 12.1 Å². The van der Waals surface area contributed by atoms with Gasteiger partial charge in [-0.2, -0.15) is 13.2 Å². The van der Waals surface area contributed by atoms with Crippen LogP contribution in [-0.4, -0.2) is 22.1 Å². The van der Waals surface area contributed by atoms with Crippen molar-refractivity contribution >= 4 is 29.2 Å². The number of hydrogen-bond donors (Lipinski definition) is 3. The smallest absolute Gasteiger partial charge is 0.416 e. The normalized spacial score (nSPS) is 11.2. The Labute approximate surface area is 138 Å². The summed E-state index contributed by atoms with van der Waals surface area (Å²) in [7, 11) is 0. The molecule has 5 nitrogen and oxygen atoms in total. The van der Waals surface area contributed by atoms with Crippen molar-refractivity contribution in [2.45, 2.75) is 6.18 Å². The number of anilines is 1. The Kier molecular flexibility index (Phi) is 4.70. The lowest BCUT2D eigenvalue weighted by atomic mass is 10.1. The van der Waals surface area contributed by atoms with Crippen LogP contribution in [0.4, 0.5) is 18.9 Å². The van der Waals surface area contributed by atoms with Gasteiger partial charge in [-0.3, -0.25) is 4.79 Å². The molecule has 0 aliphatic heterocycles. The van der Waals surface area contributed by atoms with Gasteiger partial charge in [0.15, 0.2) is 0 Å². The van der Waals surface area contributed by atoms with Crippen LogP contribution >= 0.6 is 11.6 Å². The van der Waals surface area contributed by atoms with Gasteiger partial charge in [0.05, 0.1) is 16.7 Å². The van der Waals surface area contributed by atoms with E-state index in [4.69, 9.17) is 16.7 Å². The minimum atomic E-state index is -4.79. The summed E-state index contributed by atoms with van der Waals surface area (Å²) < 4.78 is 38.5. The number of amides is 1. The first kappa shape index (κ1) is 17.6. The summed E-state index contributed by atoms with van der Waals surface area (Å²) in [6, 6.07) is 5.50. The zero-order chi connectivity index (χ0) is 18.1. The molecule has 0 saturated heterocycles. The first-order valence-electron chi connectivity index (χ1n) is 6.33. The molecule has 3 N–H and O–H groups in total. The molecule has 126 valence electrons. The fourth-order valence-corrected chi connectivity index (χ4v) is 2.05. The molecule has 0 heterocycles. The van der Waals surface area contributed by atoms with E-state index in [-0.39, 0.29) is 16.3 Å². The second-order valence-electron chi connectivity index (χ2n) is 4.72. The van der Waals surface area contributed by atoms with E-state index in [0.29, 0.717) is 12.1 Å². The molecule has 24 heavy (non-hydrogen) atoms. The number of phenols is 1. The van der Waals surface area contributed by atoms with E-state index in [1.54, 1.807) is 0 Å². The van der Waals surface area contributed by atoms with Crippen molar-refractivity contribution in [3.8, 4) is 5.75 Å². The average molecular weight is 360 g/mol. The van der Waals surface area contributed by atoms with Crippen molar-refractivity contribution in [2.24, 2.45) is 0 Å². The van der Waals surface area contributed by atoms with Crippen molar-refractivity contribution in [1.29, 1.82) is 0 Å². The minimum Gasteiger partial charge on any atom is -0.507 e. The van der Waals surface area contributed by atoms with Gasteiger partial charge in [-0.15, -0.1) is 0 Å². The number of halogens is 4. The molecule has 0 spiro atoms. The average Bonchev–Trinajstić information content (AvgIpc) is 2.48. The number of alkyl halides is 3. The fourth-order valence-electron chi connectivity index (χ4n) is 1.88. The molecule has 0 saturated carbocycles. The number of hydrogen-bond acceptors (Lipinski definition) is 3. The second-order valence-corrected chi connectivity index (χ2v) is 5.15. The molecule has 0 fully saturated rings. The van der Waals surface area contributed by atoms with E-state index in [2.05, 4.69) is 5.32 Å². The molecule has 2 aromatic rings. The van der Waals surface area contributed by atoms with Crippen LogP contribution in [0.3, 0.4) is 0 Å². The van der Waals surface area contributed by atoms with Crippen LogP contribution in [0.15, 0.2) is 36.4 Å². The molecular weight excluding hydrogens is 351 g/mol. The van der Waals surface area contributed by atoms with Gasteiger partial charge in [-0.05, 0) is 36.4 Å². The summed E-state index contributed by atoms with van der Waals surface area (Å²) in [5.41, 5.74) is -2.52. The monoisotopic (exact) mass is 359 g/mol. The number of nitrogens with one attached hydrogen (secondary N) is 1. The van der Waals surface area contributed by atoms with Gasteiger partial charge in [-0.1, -0.05) is 11.6 Å². The third kappa shape index (κ3) is 3.96. The maximum atomic E-state index is 12.8. The molecule has 2 rings (SSSR count). The zero-order valence-electron chi connectivity index (χ0n) is 11.7. The number of carbonyl (C=O) groups is 2. The van der Waals surface area contributed by atoms with Gasteiger partial charge in [0, 0.05) is 10.7 Å². The van der Waals surface area contributed by atoms with E-state index in [1.165, 1.54) is 6.07 Å². The lowest BCUT2D eigenvalue weighted by Crippen LogP contribution is -2.15. The molecular formula is C15H9ClF3NO4. The van der Waals surface area contributed by atoms with Crippen LogP contribution in [0.25, 0.3) is 0 Å². The highest BCUT2D eigenvalue weighted by atomic mass is 35.5. The summed E-state index contributed by atoms with van der Waals surface area (Å²) in [5.74, 6) is -2.95. The molecule has 9 heteroatoms. The molecule has 0 unspecified atom stereocenters. The van der Waals surface area contributed by atoms with Crippen molar-refractivity contribution in [2.75, 3.05) is 5.32 Å². The number of carbonyl (C=O) groups excluding carboxylic acids is 1. The number of phenolic OH excluding ortho intramolecular Hbond substituents is 1. The van der Waals surface area contributed by atoms with Crippen LogP contribution < -0.4 is 5.32 Å². The molecule has 0 radical (unpaired) electrons. The second kappa shape index (κ2) is 6.40. The molecule has 2 aromatic carbocycles. The lowest BCUT2D eigenvalue weighted by Gasteiger charge is -2.12. The standard InChI is InChI=1S/C15H9ClF3NO4/c16-9-1-2-12(21)11(6-9)13(22)20-10-4-7(14(23)24)3-8(5-10)15(17,18)19/h1-6,21H,(H,20,22)(H,23,24). The van der Waals surface area contributed by atoms with Crippen molar-refractivity contribution in [1.82, 2.24) is 0 Å². The summed E-state index contributed by atoms with van der Waals surface area (Å²) >= 11 is 5.70. The SMILES string of the molecule is O=C(O)c1cc(NC(=O)c2cc(Cl)ccc2O)cc(C(F)(F)F)c1. The Balaban J connectivity index is 2.41. The predicted octanol–water partition coefficient (Wildman–Crippen LogP) is 4.01. The van der Waals surface area contributed by atoms with E-state index >= 15 is 0 Å². The van der Waals surface area contributed by atoms with E-state index in [9.17, 15) is 27.9 Å². The molecule has 0 aliphatic carbocycles. The number of rotatable bonds is 3. The minimum absolute atomic E-state index is 0.133. The molecule has 0 aliphatic rings. The number of carboxylic acids is 1. The van der Waals surface area contributed by atoms with Crippen LogP contribution in [0.5, 0.6) is 5.75 Å². The number of benzene rings is 2. The summed E-state index contributed by atoms with van der Waals surface area (Å²) in [5, 5.41) is 20.8. The fraction of sp³-hybridized carbons (Fsp3) is 0.0667. The Bertz CT molecular complexity index is 821. The molecule has 0 bridgehead atoms. The number of carboxylic acid groups (broad SMARTS) is 1. The summed E-state index contributed by atoms with van der Waals surface area (Å²) in [6.45, 7) is 0. The van der Waals surface area contributed by atoms with E-state index in [1.807, 2.05) is 0 Å². The zero-order valence-corrected chi connectivity index (χ0v) is 12.4. The third-order valence-corrected chi connectivity index (χ3v) is 3.20. The highest BCUT2D eigenvalue weighted by Crippen LogP contribution is 2.32. The predicted molar refractivity (Wildman–Crippen MR) is 79.5 cm³/mol. The third-order valence-electron chi connectivity index (χ3n) is 2.97. The van der Waals surface area contributed by atoms with Crippen LogP contribution in [0.1, 0.15) is 26.3 Å². The van der Waals surface area contributed by atoms with E-state index < -0.39 is 34.9 Å². The van der Waals surface area contributed by atoms with Crippen LogP contribution in [-0.2, 0) is 6.18 Å². The highest BCUT2D eigenvalue weighted by molar-refractivity contribution is 6.31. The maximum absolute atomic E-state index is 12.8. The molecule has 1 amide bonds. The quantitative estimate of drug-likeness (QED) is 0.772. The first-order valence-corrected chi connectivity index (χ1v) is 6.71. The van der Waals surface area contributed by atoms with Gasteiger partial charge in [-0.25, -0.2) is 4.79 Å². The largest absolute Gasteiger partial charge is 0.507 e. The number of aromatic carboxylic acids is 1. The maximum Gasteiger partial charge on any atom is 0.416 e. The Morgan fingerprint density at radius 2 is 1.75 bits per heavy atom. The Morgan fingerprint density at radius 3 is 2.33 bits per heavy atom. The number of aromatic hydroxyl groups is 1. The van der Waals surface area contributed by atoms with Gasteiger partial charge in [0.1, 0.15) is 5.75 Å². The van der Waals surface area contributed by atoms with Crippen molar-refractivity contribution in [3.05, 3.63) is 58.1 Å². The van der Waals surface area contributed by atoms with Gasteiger partial charge in [0.25, 0.3) is 5.91 Å². The van der Waals surface area contributed by atoms with E-state index in [0.717, 1.165) is 18.2 Å². The summed E-state index contributed by atoms with van der Waals surface area (Å²) in [6.07, 6.45) is -4.79. The molecule has 0 atom stereocenters. The Morgan fingerprint density at radius 1 is 1.08 bits per heavy atom. The topological polar surface area (TPSA) is 86.6 Å². The van der Waals surface area contributed by atoms with Gasteiger partial charge in [0.2, 0.25) is 0 Å². The Hall–Kier alpha value is -2.74. The van der Waals surface area contributed by atoms with Crippen molar-refractivity contribution in [3.63, 3.8) is 0 Å². The van der Waals surface area contributed by atoms with Crippen LogP contribution in [0, 0.1) is 0 Å². The lowest BCUT2D eigenvalue weighted by molar-refractivity contribution is -0.137.